The number of nitro groups is 1. The third-order valence-electron chi connectivity index (χ3n) is 3.88. The lowest BCUT2D eigenvalue weighted by atomic mass is 10.0. The van der Waals surface area contributed by atoms with Crippen LogP contribution in [-0.2, 0) is 0 Å². The number of nitrogens with one attached hydrogen (secondary N) is 1. The van der Waals surface area contributed by atoms with Crippen LogP contribution in [0.4, 0.5) is 17.1 Å². The largest absolute Gasteiger partial charge is 0.497 e. The van der Waals surface area contributed by atoms with Gasteiger partial charge in [0.05, 0.1) is 12.0 Å². The summed E-state index contributed by atoms with van der Waals surface area (Å²) in [5.74, 6) is 0.579. The molecule has 130 valence electrons. The number of carbonyl (C=O) groups excluding carboxylic acids is 1. The zero-order valence-corrected chi connectivity index (χ0v) is 14.0. The molecule has 6 nitrogen and oxygen atoms in total. The highest BCUT2D eigenvalue weighted by molar-refractivity contribution is 6.09. The van der Waals surface area contributed by atoms with Crippen LogP contribution in [0.5, 0.6) is 5.75 Å². The fourth-order valence-electron chi connectivity index (χ4n) is 2.51. The first kappa shape index (κ1) is 17.2. The molecule has 6 heteroatoms. The smallest absolute Gasteiger partial charge is 0.292 e. The summed E-state index contributed by atoms with van der Waals surface area (Å²) in [4.78, 5) is 23.1. The Morgan fingerprint density at radius 2 is 1.50 bits per heavy atom. The summed E-state index contributed by atoms with van der Waals surface area (Å²) in [6.07, 6.45) is 0. The summed E-state index contributed by atoms with van der Waals surface area (Å²) in [6.45, 7) is 0. The lowest BCUT2D eigenvalue weighted by Crippen LogP contribution is -2.02. The van der Waals surface area contributed by atoms with E-state index in [0.717, 1.165) is 0 Å². The van der Waals surface area contributed by atoms with E-state index in [2.05, 4.69) is 5.32 Å². The first-order valence-electron chi connectivity index (χ1n) is 7.88. The summed E-state index contributed by atoms with van der Waals surface area (Å²) in [6, 6.07) is 20.1. The number of para-hydroxylation sites is 2. The van der Waals surface area contributed by atoms with Crippen LogP contribution in [0.15, 0.2) is 72.8 Å². The average Bonchev–Trinajstić information content (AvgIpc) is 2.68. The van der Waals surface area contributed by atoms with Crippen molar-refractivity contribution >= 4 is 22.8 Å². The van der Waals surface area contributed by atoms with Gasteiger partial charge >= 0.3 is 0 Å². The van der Waals surface area contributed by atoms with Crippen molar-refractivity contribution in [1.29, 1.82) is 0 Å². The topological polar surface area (TPSA) is 81.5 Å². The minimum Gasteiger partial charge on any atom is -0.497 e. The molecule has 0 aliphatic heterocycles. The molecule has 0 saturated heterocycles. The Morgan fingerprint density at radius 3 is 2.08 bits per heavy atom. The number of benzene rings is 3. The van der Waals surface area contributed by atoms with Crippen LogP contribution in [0.1, 0.15) is 15.9 Å². The Kier molecular flexibility index (Phi) is 4.94. The standard InChI is InChI=1S/C20H16N2O4/c1-26-17-12-8-15(9-13-17)20(23)14-6-10-16(11-7-14)21-18-4-2-3-5-19(18)22(24)25/h2-13,21H,1H3. The van der Waals surface area contributed by atoms with Gasteiger partial charge in [-0.1, -0.05) is 12.1 Å². The molecule has 0 aliphatic carbocycles. The van der Waals surface area contributed by atoms with Crippen molar-refractivity contribution in [3.05, 3.63) is 94.0 Å². The number of ether oxygens (including phenoxy) is 1. The van der Waals surface area contributed by atoms with Crippen molar-refractivity contribution < 1.29 is 14.5 Å². The van der Waals surface area contributed by atoms with Gasteiger partial charge in [0, 0.05) is 22.9 Å². The summed E-state index contributed by atoms with van der Waals surface area (Å²) in [5, 5.41) is 14.1. The van der Waals surface area contributed by atoms with Crippen molar-refractivity contribution in [1.82, 2.24) is 0 Å². The molecule has 0 spiro atoms. The maximum Gasteiger partial charge on any atom is 0.292 e. The van der Waals surface area contributed by atoms with Crippen molar-refractivity contribution in [3.63, 3.8) is 0 Å². The van der Waals surface area contributed by atoms with Gasteiger partial charge in [-0.05, 0) is 54.6 Å². The monoisotopic (exact) mass is 348 g/mol. The minimum atomic E-state index is -0.441. The first-order chi connectivity index (χ1) is 12.6. The van der Waals surface area contributed by atoms with E-state index in [1.54, 1.807) is 73.8 Å². The third kappa shape index (κ3) is 3.70. The number of rotatable bonds is 6. The van der Waals surface area contributed by atoms with Gasteiger partial charge in [0.25, 0.3) is 5.69 Å². The highest BCUT2D eigenvalue weighted by Gasteiger charge is 2.13. The molecule has 3 aromatic carbocycles. The second-order valence-corrected chi connectivity index (χ2v) is 5.53. The zero-order valence-electron chi connectivity index (χ0n) is 14.0. The van der Waals surface area contributed by atoms with E-state index in [4.69, 9.17) is 4.74 Å². The van der Waals surface area contributed by atoms with Crippen molar-refractivity contribution in [2.24, 2.45) is 0 Å². The van der Waals surface area contributed by atoms with Gasteiger partial charge < -0.3 is 10.1 Å². The molecule has 0 bridgehead atoms. The van der Waals surface area contributed by atoms with E-state index < -0.39 is 4.92 Å². The minimum absolute atomic E-state index is 0.00844. The SMILES string of the molecule is COc1ccc(C(=O)c2ccc(Nc3ccccc3[N+](=O)[O-])cc2)cc1. The van der Waals surface area contributed by atoms with Gasteiger partial charge in [0.2, 0.25) is 0 Å². The number of nitro benzene ring substituents is 1. The molecule has 0 atom stereocenters. The van der Waals surface area contributed by atoms with Crippen LogP contribution in [0.25, 0.3) is 0 Å². The molecule has 0 heterocycles. The van der Waals surface area contributed by atoms with Gasteiger partial charge in [0.1, 0.15) is 11.4 Å². The van der Waals surface area contributed by atoms with Crippen LogP contribution in [0.2, 0.25) is 0 Å². The molecule has 0 unspecified atom stereocenters. The maximum atomic E-state index is 12.5. The Labute approximate surface area is 150 Å². The number of hydrogen-bond donors (Lipinski definition) is 1. The van der Waals surface area contributed by atoms with Crippen LogP contribution in [0, 0.1) is 10.1 Å². The average molecular weight is 348 g/mol. The van der Waals surface area contributed by atoms with Crippen molar-refractivity contribution in [3.8, 4) is 5.75 Å². The van der Waals surface area contributed by atoms with Crippen molar-refractivity contribution in [2.75, 3.05) is 12.4 Å². The van der Waals surface area contributed by atoms with E-state index >= 15 is 0 Å². The molecule has 0 fully saturated rings. The number of ketones is 1. The number of nitrogens with zero attached hydrogens (tertiary/aromatic N) is 1. The molecule has 0 radical (unpaired) electrons. The zero-order chi connectivity index (χ0) is 18.5. The van der Waals surface area contributed by atoms with Gasteiger partial charge in [0.15, 0.2) is 5.78 Å². The molecular formula is C20H16N2O4. The molecule has 0 amide bonds. The highest BCUT2D eigenvalue weighted by atomic mass is 16.6. The van der Waals surface area contributed by atoms with Crippen LogP contribution in [-0.4, -0.2) is 17.8 Å². The van der Waals surface area contributed by atoms with Gasteiger partial charge in [-0.2, -0.15) is 0 Å². The van der Waals surface area contributed by atoms with E-state index in [1.165, 1.54) is 6.07 Å². The number of hydrogen-bond acceptors (Lipinski definition) is 5. The van der Waals surface area contributed by atoms with Crippen molar-refractivity contribution in [2.45, 2.75) is 0 Å². The lowest BCUT2D eigenvalue weighted by molar-refractivity contribution is -0.383. The molecular weight excluding hydrogens is 332 g/mol. The summed E-state index contributed by atoms with van der Waals surface area (Å²) in [7, 11) is 1.57. The third-order valence-corrected chi connectivity index (χ3v) is 3.88. The Balaban J connectivity index is 1.78. The predicted octanol–water partition coefficient (Wildman–Crippen LogP) is 4.58. The van der Waals surface area contributed by atoms with E-state index in [1.807, 2.05) is 0 Å². The molecule has 0 aromatic heterocycles. The lowest BCUT2D eigenvalue weighted by Gasteiger charge is -2.08. The van der Waals surface area contributed by atoms with E-state index in [9.17, 15) is 14.9 Å². The number of anilines is 2. The highest BCUT2D eigenvalue weighted by Crippen LogP contribution is 2.27. The Morgan fingerprint density at radius 1 is 0.923 bits per heavy atom. The molecule has 3 rings (SSSR count). The number of carbonyl (C=O) groups is 1. The molecule has 0 aliphatic rings. The second kappa shape index (κ2) is 7.48. The maximum absolute atomic E-state index is 12.5. The summed E-state index contributed by atoms with van der Waals surface area (Å²) in [5.41, 5.74) is 2.14. The Hall–Kier alpha value is -3.67. The van der Waals surface area contributed by atoms with Crippen LogP contribution < -0.4 is 10.1 Å². The van der Waals surface area contributed by atoms with E-state index in [0.29, 0.717) is 28.3 Å². The molecule has 0 saturated carbocycles. The molecule has 3 aromatic rings. The summed E-state index contributed by atoms with van der Waals surface area (Å²) >= 11 is 0. The van der Waals surface area contributed by atoms with Gasteiger partial charge in [-0.25, -0.2) is 0 Å². The summed E-state index contributed by atoms with van der Waals surface area (Å²) < 4.78 is 5.09. The quantitative estimate of drug-likeness (QED) is 0.401. The van der Waals surface area contributed by atoms with Gasteiger partial charge in [-0.3, -0.25) is 14.9 Å². The Bertz CT molecular complexity index is 935. The van der Waals surface area contributed by atoms with Gasteiger partial charge in [-0.15, -0.1) is 0 Å². The van der Waals surface area contributed by atoms with Crippen LogP contribution >= 0.6 is 0 Å². The fraction of sp³-hybridized carbons (Fsp3) is 0.0500. The normalized spacial score (nSPS) is 10.2. The second-order valence-electron chi connectivity index (χ2n) is 5.53. The van der Waals surface area contributed by atoms with E-state index in [-0.39, 0.29) is 11.5 Å². The first-order valence-corrected chi connectivity index (χ1v) is 7.88. The molecule has 26 heavy (non-hydrogen) atoms. The fourth-order valence-corrected chi connectivity index (χ4v) is 2.51. The predicted molar refractivity (Wildman–Crippen MR) is 99.2 cm³/mol. The van der Waals surface area contributed by atoms with Crippen LogP contribution in [0.3, 0.4) is 0 Å². The molecule has 1 N–H and O–H groups in total. The number of methoxy groups -OCH3 is 1.